The molecule has 122 valence electrons. The van der Waals surface area contributed by atoms with E-state index in [0.717, 1.165) is 33.8 Å². The number of anilines is 1. The number of rotatable bonds is 2. The maximum Gasteiger partial charge on any atom is 0.336 e. The molecule has 24 heavy (non-hydrogen) atoms. The zero-order valence-corrected chi connectivity index (χ0v) is 14.0. The number of hydrogen-bond donors (Lipinski definition) is 2. The van der Waals surface area contributed by atoms with Crippen LogP contribution in [0.5, 0.6) is 0 Å². The fraction of sp³-hybridized carbons (Fsp3) is 0.250. The predicted octanol–water partition coefficient (Wildman–Crippen LogP) is 5.17. The molecule has 1 heterocycles. The van der Waals surface area contributed by atoms with Crippen molar-refractivity contribution < 1.29 is 9.90 Å². The monoisotopic (exact) mass is 339 g/mol. The van der Waals surface area contributed by atoms with Crippen molar-refractivity contribution >= 4 is 23.3 Å². The number of carboxylic acids is 1. The highest BCUT2D eigenvalue weighted by Gasteiger charge is 2.41. The summed E-state index contributed by atoms with van der Waals surface area (Å²) in [5, 5.41) is 14.0. The number of aryl methyl sites for hydroxylation is 1. The average Bonchev–Trinajstić information content (AvgIpc) is 3.05. The van der Waals surface area contributed by atoms with Gasteiger partial charge >= 0.3 is 5.97 Å². The number of fused-ring (bicyclic) bond motifs is 3. The first-order valence-electron chi connectivity index (χ1n) is 8.12. The minimum Gasteiger partial charge on any atom is -0.478 e. The van der Waals surface area contributed by atoms with Crippen molar-refractivity contribution in [1.29, 1.82) is 0 Å². The van der Waals surface area contributed by atoms with E-state index in [4.69, 9.17) is 11.6 Å². The summed E-state index contributed by atoms with van der Waals surface area (Å²) in [6, 6.07) is 11.6. The molecule has 0 saturated heterocycles. The highest BCUT2D eigenvalue weighted by molar-refractivity contribution is 6.31. The van der Waals surface area contributed by atoms with E-state index in [0.29, 0.717) is 5.56 Å². The van der Waals surface area contributed by atoms with Gasteiger partial charge in [-0.3, -0.25) is 0 Å². The molecule has 1 aliphatic carbocycles. The van der Waals surface area contributed by atoms with Crippen LogP contribution in [0.25, 0.3) is 0 Å². The van der Waals surface area contributed by atoms with E-state index in [1.165, 1.54) is 0 Å². The van der Waals surface area contributed by atoms with Crippen LogP contribution in [0.15, 0.2) is 48.6 Å². The average molecular weight is 340 g/mol. The number of hydrogen-bond acceptors (Lipinski definition) is 2. The van der Waals surface area contributed by atoms with E-state index in [-0.39, 0.29) is 17.9 Å². The van der Waals surface area contributed by atoms with Crippen LogP contribution in [0, 0.1) is 12.8 Å². The third kappa shape index (κ3) is 2.23. The first kappa shape index (κ1) is 15.3. The van der Waals surface area contributed by atoms with Crippen molar-refractivity contribution in [1.82, 2.24) is 0 Å². The lowest BCUT2D eigenvalue weighted by molar-refractivity contribution is 0.0695. The lowest BCUT2D eigenvalue weighted by atomic mass is 9.74. The first-order chi connectivity index (χ1) is 11.6. The molecule has 0 spiro atoms. The van der Waals surface area contributed by atoms with Crippen molar-refractivity contribution in [2.24, 2.45) is 5.92 Å². The summed E-state index contributed by atoms with van der Waals surface area (Å²) in [6.45, 7) is 2.01. The SMILES string of the molecule is Cc1ccc(C(=O)O)c2c1N[C@@H](c1ccccc1Cl)[C@H]1CC=C[C@@H]21. The molecule has 0 amide bonds. The Morgan fingerprint density at radius 1 is 1.25 bits per heavy atom. The van der Waals surface area contributed by atoms with Crippen molar-refractivity contribution in [3.05, 3.63) is 75.8 Å². The number of benzene rings is 2. The van der Waals surface area contributed by atoms with E-state index in [1.54, 1.807) is 6.07 Å². The van der Waals surface area contributed by atoms with Crippen LogP contribution in [0.2, 0.25) is 5.02 Å². The summed E-state index contributed by atoms with van der Waals surface area (Å²) in [5.41, 5.74) is 4.37. The van der Waals surface area contributed by atoms with Crippen molar-refractivity contribution in [3.8, 4) is 0 Å². The highest BCUT2D eigenvalue weighted by Crippen LogP contribution is 2.52. The zero-order valence-electron chi connectivity index (χ0n) is 13.3. The van der Waals surface area contributed by atoms with Crippen molar-refractivity contribution in [2.45, 2.75) is 25.3 Å². The number of carboxylic acid groups (broad SMARTS) is 1. The molecule has 2 aliphatic rings. The van der Waals surface area contributed by atoms with Gasteiger partial charge in [0.05, 0.1) is 11.6 Å². The number of carbonyl (C=O) groups is 1. The lowest BCUT2D eigenvalue weighted by Crippen LogP contribution is -2.31. The van der Waals surface area contributed by atoms with Gasteiger partial charge in [0.15, 0.2) is 0 Å². The maximum absolute atomic E-state index is 11.7. The Morgan fingerprint density at radius 2 is 2.04 bits per heavy atom. The van der Waals surface area contributed by atoms with Crippen LogP contribution in [0.3, 0.4) is 0 Å². The molecule has 0 bridgehead atoms. The summed E-state index contributed by atoms with van der Waals surface area (Å²) < 4.78 is 0. The second-order valence-corrected chi connectivity index (χ2v) is 6.93. The molecule has 4 rings (SSSR count). The van der Waals surface area contributed by atoms with Gasteiger partial charge in [-0.15, -0.1) is 0 Å². The van der Waals surface area contributed by atoms with Crippen molar-refractivity contribution in [2.75, 3.05) is 5.32 Å². The van der Waals surface area contributed by atoms with Crippen LogP contribution in [-0.4, -0.2) is 11.1 Å². The van der Waals surface area contributed by atoms with Gasteiger partial charge in [0.1, 0.15) is 0 Å². The van der Waals surface area contributed by atoms with Crippen LogP contribution >= 0.6 is 11.6 Å². The normalized spacial score (nSPS) is 24.2. The lowest BCUT2D eigenvalue weighted by Gasteiger charge is -2.39. The van der Waals surface area contributed by atoms with Gasteiger partial charge in [0.2, 0.25) is 0 Å². The zero-order chi connectivity index (χ0) is 16.8. The third-order valence-electron chi connectivity index (χ3n) is 5.20. The molecule has 4 heteroatoms. The number of allylic oxidation sites excluding steroid dienone is 2. The summed E-state index contributed by atoms with van der Waals surface area (Å²) >= 11 is 6.44. The number of halogens is 1. The third-order valence-corrected chi connectivity index (χ3v) is 5.54. The highest BCUT2D eigenvalue weighted by atomic mass is 35.5. The molecule has 3 nitrogen and oxygen atoms in total. The molecule has 2 aromatic rings. The Labute approximate surface area is 146 Å². The molecular weight excluding hydrogens is 322 g/mol. The van der Waals surface area contributed by atoms with Gasteiger partial charge in [-0.2, -0.15) is 0 Å². The fourth-order valence-electron chi connectivity index (χ4n) is 4.08. The minimum atomic E-state index is -0.872. The molecule has 2 N–H and O–H groups in total. The molecule has 3 atom stereocenters. The Hall–Kier alpha value is -2.26. The van der Waals surface area contributed by atoms with Gasteiger partial charge < -0.3 is 10.4 Å². The molecule has 1 aliphatic heterocycles. The Morgan fingerprint density at radius 3 is 2.79 bits per heavy atom. The smallest absolute Gasteiger partial charge is 0.336 e. The summed E-state index contributed by atoms with van der Waals surface area (Å²) in [7, 11) is 0. The van der Waals surface area contributed by atoms with Crippen LogP contribution < -0.4 is 5.32 Å². The molecule has 0 aromatic heterocycles. The molecule has 0 fully saturated rings. The standard InChI is InChI=1S/C20H18ClNO2/c1-11-9-10-15(20(23)24)17-12-6-4-7-13(12)19(22-18(11)17)14-5-2-3-8-16(14)21/h2-6,8-10,12-13,19,22H,7H2,1H3,(H,23,24)/t12-,13+,19-/m1/s1. The summed E-state index contributed by atoms with van der Waals surface area (Å²) in [6.07, 6.45) is 5.23. The first-order valence-corrected chi connectivity index (χ1v) is 8.50. The Bertz CT molecular complexity index is 859. The van der Waals surface area contributed by atoms with Crippen LogP contribution in [0.1, 0.15) is 45.4 Å². The largest absolute Gasteiger partial charge is 0.478 e. The summed E-state index contributed by atoms with van der Waals surface area (Å²) in [5.74, 6) is -0.492. The summed E-state index contributed by atoms with van der Waals surface area (Å²) in [4.78, 5) is 11.7. The van der Waals surface area contributed by atoms with Gasteiger partial charge in [0.25, 0.3) is 0 Å². The maximum atomic E-state index is 11.7. The van der Waals surface area contributed by atoms with Gasteiger partial charge in [-0.05, 0) is 48.1 Å². The van der Waals surface area contributed by atoms with E-state index in [9.17, 15) is 9.90 Å². The molecule has 0 unspecified atom stereocenters. The van der Waals surface area contributed by atoms with E-state index >= 15 is 0 Å². The van der Waals surface area contributed by atoms with Gasteiger partial charge in [-0.25, -0.2) is 4.79 Å². The topological polar surface area (TPSA) is 49.3 Å². The van der Waals surface area contributed by atoms with E-state index in [1.807, 2.05) is 31.2 Å². The Kier molecular flexibility index (Phi) is 3.61. The van der Waals surface area contributed by atoms with Gasteiger partial charge in [-0.1, -0.05) is 48.0 Å². The second-order valence-electron chi connectivity index (χ2n) is 6.52. The van der Waals surface area contributed by atoms with Crippen molar-refractivity contribution in [3.63, 3.8) is 0 Å². The van der Waals surface area contributed by atoms with Crippen LogP contribution in [-0.2, 0) is 0 Å². The van der Waals surface area contributed by atoms with E-state index in [2.05, 4.69) is 23.5 Å². The predicted molar refractivity (Wildman–Crippen MR) is 95.9 cm³/mol. The van der Waals surface area contributed by atoms with Gasteiger partial charge in [0, 0.05) is 16.6 Å². The van der Waals surface area contributed by atoms with E-state index < -0.39 is 5.97 Å². The molecule has 2 aromatic carbocycles. The minimum absolute atomic E-state index is 0.0777. The molecule has 0 saturated carbocycles. The number of nitrogens with one attached hydrogen (secondary N) is 1. The molecular formula is C20H18ClNO2. The second kappa shape index (κ2) is 5.67. The molecule has 0 radical (unpaired) electrons. The van der Waals surface area contributed by atoms with Crippen LogP contribution in [0.4, 0.5) is 5.69 Å². The number of aromatic carboxylic acids is 1. The fourth-order valence-corrected chi connectivity index (χ4v) is 4.33. The quantitative estimate of drug-likeness (QED) is 0.742. The Balaban J connectivity index is 1.90.